The first-order chi connectivity index (χ1) is 6.06. The van der Waals surface area contributed by atoms with Gasteiger partial charge in [0.15, 0.2) is 5.11 Å². The van der Waals surface area contributed by atoms with Crippen LogP contribution in [-0.2, 0) is 0 Å². The summed E-state index contributed by atoms with van der Waals surface area (Å²) < 4.78 is 0. The zero-order chi connectivity index (χ0) is 10.3. The molecular weight excluding hydrogens is 180 g/mol. The summed E-state index contributed by atoms with van der Waals surface area (Å²) in [5, 5.41) is 7.21. The molecule has 0 bridgehead atoms. The van der Waals surface area contributed by atoms with Crippen LogP contribution in [0.1, 0.15) is 47.0 Å². The van der Waals surface area contributed by atoms with Crippen molar-refractivity contribution >= 4 is 17.3 Å². The molecule has 3 heteroatoms. The molecule has 0 aromatic carbocycles. The highest BCUT2D eigenvalue weighted by molar-refractivity contribution is 7.80. The van der Waals surface area contributed by atoms with Crippen LogP contribution in [0.3, 0.4) is 0 Å². The van der Waals surface area contributed by atoms with E-state index in [1.165, 1.54) is 19.3 Å². The number of nitrogens with one attached hydrogen (secondary N) is 2. The smallest absolute Gasteiger partial charge is 0.166 e. The molecule has 0 aromatic heterocycles. The predicted molar refractivity (Wildman–Crippen MR) is 63.0 cm³/mol. The monoisotopic (exact) mass is 202 g/mol. The van der Waals surface area contributed by atoms with E-state index in [-0.39, 0.29) is 0 Å². The Morgan fingerprint density at radius 2 is 1.85 bits per heavy atom. The van der Waals surface area contributed by atoms with Crippen LogP contribution in [0.15, 0.2) is 0 Å². The van der Waals surface area contributed by atoms with E-state index in [9.17, 15) is 0 Å². The molecule has 0 radical (unpaired) electrons. The lowest BCUT2D eigenvalue weighted by Crippen LogP contribution is -2.43. The van der Waals surface area contributed by atoms with Gasteiger partial charge in [-0.15, -0.1) is 0 Å². The maximum absolute atomic E-state index is 5.13. The molecule has 0 saturated heterocycles. The highest BCUT2D eigenvalue weighted by atomic mass is 32.1. The topological polar surface area (TPSA) is 24.1 Å². The molecule has 0 aliphatic heterocycles. The first kappa shape index (κ1) is 12.7. The van der Waals surface area contributed by atoms with Crippen molar-refractivity contribution in [3.63, 3.8) is 0 Å². The van der Waals surface area contributed by atoms with E-state index >= 15 is 0 Å². The van der Waals surface area contributed by atoms with Crippen molar-refractivity contribution < 1.29 is 0 Å². The van der Waals surface area contributed by atoms with E-state index in [0.29, 0.717) is 12.1 Å². The molecule has 0 aromatic rings. The Hall–Kier alpha value is -0.310. The number of hydrogen-bond acceptors (Lipinski definition) is 1. The number of thiocarbonyl (C=S) groups is 1. The van der Waals surface area contributed by atoms with Gasteiger partial charge in [0.05, 0.1) is 0 Å². The molecule has 0 saturated carbocycles. The third-order valence-corrected chi connectivity index (χ3v) is 2.02. The summed E-state index contributed by atoms with van der Waals surface area (Å²) in [6.07, 6.45) is 3.70. The summed E-state index contributed by atoms with van der Waals surface area (Å²) >= 11 is 5.13. The first-order valence-corrected chi connectivity index (χ1v) is 5.54. The average molecular weight is 202 g/mol. The minimum Gasteiger partial charge on any atom is -0.361 e. The van der Waals surface area contributed by atoms with Gasteiger partial charge in [0.25, 0.3) is 0 Å². The molecule has 78 valence electrons. The second-order valence-corrected chi connectivity index (χ2v) is 4.22. The maximum Gasteiger partial charge on any atom is 0.166 e. The molecule has 0 heterocycles. The van der Waals surface area contributed by atoms with Crippen LogP contribution >= 0.6 is 12.2 Å². The van der Waals surface area contributed by atoms with Crippen LogP contribution in [-0.4, -0.2) is 17.2 Å². The largest absolute Gasteiger partial charge is 0.361 e. The van der Waals surface area contributed by atoms with Gasteiger partial charge in [-0.2, -0.15) is 0 Å². The van der Waals surface area contributed by atoms with Crippen molar-refractivity contribution in [2.75, 3.05) is 0 Å². The van der Waals surface area contributed by atoms with E-state index < -0.39 is 0 Å². The molecule has 0 amide bonds. The third-order valence-electron chi connectivity index (χ3n) is 1.79. The van der Waals surface area contributed by atoms with Gasteiger partial charge in [-0.05, 0) is 39.4 Å². The average Bonchev–Trinajstić information content (AvgIpc) is 1.98. The summed E-state index contributed by atoms with van der Waals surface area (Å²) in [6.45, 7) is 8.55. The van der Waals surface area contributed by atoms with Crippen molar-refractivity contribution in [1.82, 2.24) is 10.6 Å². The summed E-state index contributed by atoms with van der Waals surface area (Å²) in [6, 6.07) is 0.900. The van der Waals surface area contributed by atoms with Crippen molar-refractivity contribution in [2.45, 2.75) is 59.0 Å². The third kappa shape index (κ3) is 8.03. The molecule has 0 fully saturated rings. The van der Waals surface area contributed by atoms with Crippen LogP contribution < -0.4 is 10.6 Å². The zero-order valence-corrected chi connectivity index (χ0v) is 10.0. The molecule has 2 nitrogen and oxygen atoms in total. The Morgan fingerprint density at radius 3 is 2.31 bits per heavy atom. The maximum atomic E-state index is 5.13. The Bertz CT molecular complexity index is 146. The minimum absolute atomic E-state index is 0.415. The Morgan fingerprint density at radius 1 is 1.23 bits per heavy atom. The summed E-state index contributed by atoms with van der Waals surface area (Å²) in [5.41, 5.74) is 0. The molecule has 1 unspecified atom stereocenters. The number of unbranched alkanes of at least 4 members (excludes halogenated alkanes) is 1. The minimum atomic E-state index is 0.415. The second kappa shape index (κ2) is 7.13. The standard InChI is InChI=1S/C10H22N2S/c1-5-6-7-9(4)12-10(13)11-8(2)3/h8-9H,5-7H2,1-4H3,(H2,11,12,13). The number of rotatable bonds is 5. The van der Waals surface area contributed by atoms with Crippen LogP contribution in [0.4, 0.5) is 0 Å². The van der Waals surface area contributed by atoms with E-state index in [1.807, 2.05) is 0 Å². The summed E-state index contributed by atoms with van der Waals surface area (Å²) in [5.74, 6) is 0. The Balaban J connectivity index is 3.53. The SMILES string of the molecule is CCCCC(C)NC(=S)NC(C)C. The van der Waals surface area contributed by atoms with Gasteiger partial charge in [-0.25, -0.2) is 0 Å². The lowest BCUT2D eigenvalue weighted by atomic mass is 10.1. The summed E-state index contributed by atoms with van der Waals surface area (Å²) in [4.78, 5) is 0. The van der Waals surface area contributed by atoms with Gasteiger partial charge < -0.3 is 10.6 Å². The molecule has 1 atom stereocenters. The van der Waals surface area contributed by atoms with Gasteiger partial charge >= 0.3 is 0 Å². The van der Waals surface area contributed by atoms with Crippen molar-refractivity contribution in [1.29, 1.82) is 0 Å². The second-order valence-electron chi connectivity index (χ2n) is 3.82. The van der Waals surface area contributed by atoms with Crippen LogP contribution in [0.25, 0.3) is 0 Å². The van der Waals surface area contributed by atoms with Crippen molar-refractivity contribution in [3.05, 3.63) is 0 Å². The molecule has 2 N–H and O–H groups in total. The van der Waals surface area contributed by atoms with Gasteiger partial charge in [0.2, 0.25) is 0 Å². The highest BCUT2D eigenvalue weighted by Gasteiger charge is 2.03. The first-order valence-electron chi connectivity index (χ1n) is 5.13. The molecule has 0 rings (SSSR count). The number of hydrogen-bond donors (Lipinski definition) is 2. The van der Waals surface area contributed by atoms with E-state index in [2.05, 4.69) is 38.3 Å². The lowest BCUT2D eigenvalue weighted by Gasteiger charge is -2.18. The molecular formula is C10H22N2S. The van der Waals surface area contributed by atoms with Gasteiger partial charge in [-0.1, -0.05) is 19.8 Å². The quantitative estimate of drug-likeness (QED) is 0.670. The fourth-order valence-corrected chi connectivity index (χ4v) is 1.55. The van der Waals surface area contributed by atoms with Gasteiger partial charge in [0.1, 0.15) is 0 Å². The van der Waals surface area contributed by atoms with E-state index in [0.717, 1.165) is 5.11 Å². The van der Waals surface area contributed by atoms with Crippen LogP contribution in [0, 0.1) is 0 Å². The normalized spacial score (nSPS) is 12.7. The Kier molecular flexibility index (Phi) is 6.96. The zero-order valence-electron chi connectivity index (χ0n) is 9.18. The van der Waals surface area contributed by atoms with Crippen molar-refractivity contribution in [2.24, 2.45) is 0 Å². The van der Waals surface area contributed by atoms with Crippen LogP contribution in [0.2, 0.25) is 0 Å². The van der Waals surface area contributed by atoms with Gasteiger partial charge in [0, 0.05) is 12.1 Å². The summed E-state index contributed by atoms with van der Waals surface area (Å²) in [7, 11) is 0. The van der Waals surface area contributed by atoms with Gasteiger partial charge in [-0.3, -0.25) is 0 Å². The van der Waals surface area contributed by atoms with Crippen molar-refractivity contribution in [3.8, 4) is 0 Å². The highest BCUT2D eigenvalue weighted by Crippen LogP contribution is 1.99. The molecule has 0 aliphatic rings. The molecule has 0 aliphatic carbocycles. The molecule has 13 heavy (non-hydrogen) atoms. The van der Waals surface area contributed by atoms with E-state index in [1.54, 1.807) is 0 Å². The van der Waals surface area contributed by atoms with E-state index in [4.69, 9.17) is 12.2 Å². The van der Waals surface area contributed by atoms with Crippen LogP contribution in [0.5, 0.6) is 0 Å². The fourth-order valence-electron chi connectivity index (χ4n) is 1.11. The Labute approximate surface area is 87.5 Å². The predicted octanol–water partition coefficient (Wildman–Crippen LogP) is 2.44. The fraction of sp³-hybridized carbons (Fsp3) is 0.900. The lowest BCUT2D eigenvalue weighted by molar-refractivity contribution is 0.561. The molecule has 0 spiro atoms.